The highest BCUT2D eigenvalue weighted by atomic mass is 16.6. The lowest BCUT2D eigenvalue weighted by Gasteiger charge is -2.20. The minimum absolute atomic E-state index is 0.00998. The molecule has 1 rings (SSSR count). The Hall–Kier alpha value is -3.17. The van der Waals surface area contributed by atoms with Gasteiger partial charge in [-0.1, -0.05) is 0 Å². The second-order valence-corrected chi connectivity index (χ2v) is 6.40. The number of rotatable bonds is 7. The van der Waals surface area contributed by atoms with Gasteiger partial charge in [-0.3, -0.25) is 24.5 Å². The second-order valence-electron chi connectivity index (χ2n) is 6.40. The maximum Gasteiger partial charge on any atom is 0.311 e. The van der Waals surface area contributed by atoms with Crippen LogP contribution in [0.3, 0.4) is 0 Å². The van der Waals surface area contributed by atoms with E-state index in [9.17, 15) is 24.5 Å². The molecule has 3 amide bonds. The van der Waals surface area contributed by atoms with Crippen LogP contribution in [-0.4, -0.2) is 48.4 Å². The third-order valence-electron chi connectivity index (χ3n) is 3.01. The van der Waals surface area contributed by atoms with Crippen LogP contribution in [0.5, 0.6) is 5.75 Å². The number of nitro benzene ring substituents is 1. The summed E-state index contributed by atoms with van der Waals surface area (Å²) >= 11 is 0. The number of carbonyl (C=O) groups is 3. The molecule has 0 aliphatic heterocycles. The highest BCUT2D eigenvalue weighted by Crippen LogP contribution is 2.27. The van der Waals surface area contributed by atoms with Gasteiger partial charge in [0.15, 0.2) is 5.75 Å². The SMILES string of the molecule is COc1ccc(C(=O)NCC(=O)NCC(=O)NC(C)(C)C)cc1[N+](=O)[O-]. The minimum atomic E-state index is -0.670. The first kappa shape index (κ1) is 20.9. The summed E-state index contributed by atoms with van der Waals surface area (Å²) < 4.78 is 4.85. The van der Waals surface area contributed by atoms with Gasteiger partial charge in [0, 0.05) is 17.2 Å². The number of nitrogens with zero attached hydrogens (tertiary/aromatic N) is 1. The summed E-state index contributed by atoms with van der Waals surface area (Å²) in [5.74, 6) is -1.56. The Balaban J connectivity index is 2.56. The molecule has 0 spiro atoms. The molecule has 1 aromatic rings. The molecule has 26 heavy (non-hydrogen) atoms. The average molecular weight is 366 g/mol. The Morgan fingerprint density at radius 1 is 1.12 bits per heavy atom. The average Bonchev–Trinajstić information content (AvgIpc) is 2.55. The van der Waals surface area contributed by atoms with Gasteiger partial charge >= 0.3 is 5.69 Å². The molecule has 0 unspecified atom stereocenters. The number of carbonyl (C=O) groups excluding carboxylic acids is 3. The van der Waals surface area contributed by atoms with Crippen LogP contribution in [0.15, 0.2) is 18.2 Å². The van der Waals surface area contributed by atoms with E-state index in [1.54, 1.807) is 20.8 Å². The van der Waals surface area contributed by atoms with Crippen molar-refractivity contribution in [2.75, 3.05) is 20.2 Å². The van der Waals surface area contributed by atoms with E-state index >= 15 is 0 Å². The van der Waals surface area contributed by atoms with Gasteiger partial charge in [-0.05, 0) is 32.9 Å². The van der Waals surface area contributed by atoms with Gasteiger partial charge < -0.3 is 20.7 Å². The molecule has 10 nitrogen and oxygen atoms in total. The molecule has 0 saturated heterocycles. The van der Waals surface area contributed by atoms with E-state index in [2.05, 4.69) is 16.0 Å². The molecule has 1 aromatic carbocycles. The Bertz CT molecular complexity index is 711. The second kappa shape index (κ2) is 8.79. The monoisotopic (exact) mass is 366 g/mol. The van der Waals surface area contributed by atoms with Crippen LogP contribution in [0.25, 0.3) is 0 Å². The lowest BCUT2D eigenvalue weighted by molar-refractivity contribution is -0.385. The molecule has 10 heteroatoms. The number of hydrogen-bond acceptors (Lipinski definition) is 6. The number of benzene rings is 1. The number of methoxy groups -OCH3 is 1. The largest absolute Gasteiger partial charge is 0.490 e. The highest BCUT2D eigenvalue weighted by molar-refractivity contribution is 5.97. The Morgan fingerprint density at radius 3 is 2.27 bits per heavy atom. The van der Waals surface area contributed by atoms with Gasteiger partial charge in [0.05, 0.1) is 25.1 Å². The summed E-state index contributed by atoms with van der Waals surface area (Å²) in [6, 6.07) is 3.70. The fourth-order valence-corrected chi connectivity index (χ4v) is 1.94. The third kappa shape index (κ3) is 6.75. The zero-order valence-electron chi connectivity index (χ0n) is 15.0. The first-order valence-corrected chi connectivity index (χ1v) is 7.72. The number of nitro groups is 1. The quantitative estimate of drug-likeness (QED) is 0.470. The van der Waals surface area contributed by atoms with E-state index in [1.807, 2.05) is 0 Å². The lowest BCUT2D eigenvalue weighted by Crippen LogP contribution is -2.47. The fraction of sp³-hybridized carbons (Fsp3) is 0.438. The van der Waals surface area contributed by atoms with Crippen LogP contribution in [0.1, 0.15) is 31.1 Å². The van der Waals surface area contributed by atoms with Crippen molar-refractivity contribution in [1.29, 1.82) is 0 Å². The summed E-state index contributed by atoms with van der Waals surface area (Å²) in [6.07, 6.45) is 0. The molecule has 0 aliphatic carbocycles. The molecule has 0 heterocycles. The maximum atomic E-state index is 12.0. The molecule has 142 valence electrons. The number of ether oxygens (including phenoxy) is 1. The molecule has 0 aromatic heterocycles. The van der Waals surface area contributed by atoms with Crippen LogP contribution >= 0.6 is 0 Å². The molecular formula is C16H22N4O6. The molecule has 0 saturated carbocycles. The Kier molecular flexibility index (Phi) is 7.06. The van der Waals surface area contributed by atoms with Crippen molar-refractivity contribution in [3.63, 3.8) is 0 Å². The predicted molar refractivity (Wildman–Crippen MR) is 92.9 cm³/mol. The zero-order valence-corrected chi connectivity index (χ0v) is 15.0. The molecule has 0 aliphatic rings. The molecule has 0 atom stereocenters. The van der Waals surface area contributed by atoms with E-state index in [1.165, 1.54) is 19.2 Å². The summed E-state index contributed by atoms with van der Waals surface area (Å²) in [5.41, 5.74) is -0.765. The van der Waals surface area contributed by atoms with E-state index in [-0.39, 0.29) is 36.0 Å². The summed E-state index contributed by atoms with van der Waals surface area (Å²) in [7, 11) is 1.28. The van der Waals surface area contributed by atoms with Gasteiger partial charge in [-0.15, -0.1) is 0 Å². The van der Waals surface area contributed by atoms with Crippen molar-refractivity contribution in [3.05, 3.63) is 33.9 Å². The smallest absolute Gasteiger partial charge is 0.311 e. The van der Waals surface area contributed by atoms with Crippen molar-refractivity contribution < 1.29 is 24.0 Å². The van der Waals surface area contributed by atoms with Crippen LogP contribution < -0.4 is 20.7 Å². The van der Waals surface area contributed by atoms with E-state index in [4.69, 9.17) is 4.74 Å². The highest BCUT2D eigenvalue weighted by Gasteiger charge is 2.19. The standard InChI is InChI=1S/C16H22N4O6/c1-16(2,3)19-14(22)9-17-13(21)8-18-15(23)10-5-6-12(26-4)11(7-10)20(24)25/h5-7H,8-9H2,1-4H3,(H,17,21)(H,18,23)(H,19,22). The van der Waals surface area contributed by atoms with Crippen LogP contribution in [0, 0.1) is 10.1 Å². The third-order valence-corrected chi connectivity index (χ3v) is 3.01. The summed E-state index contributed by atoms with van der Waals surface area (Å²) in [6.45, 7) is 4.82. The minimum Gasteiger partial charge on any atom is -0.490 e. The van der Waals surface area contributed by atoms with Gasteiger partial charge in [0.1, 0.15) is 0 Å². The lowest BCUT2D eigenvalue weighted by atomic mass is 10.1. The van der Waals surface area contributed by atoms with Gasteiger partial charge in [0.2, 0.25) is 11.8 Å². The Labute approximate surface area is 150 Å². The van der Waals surface area contributed by atoms with Crippen molar-refractivity contribution in [2.45, 2.75) is 26.3 Å². The normalized spacial score (nSPS) is 10.6. The van der Waals surface area contributed by atoms with Crippen LogP contribution in [-0.2, 0) is 9.59 Å². The van der Waals surface area contributed by atoms with Crippen molar-refractivity contribution in [2.24, 2.45) is 0 Å². The van der Waals surface area contributed by atoms with Gasteiger partial charge in [0.25, 0.3) is 5.91 Å². The summed E-state index contributed by atoms with van der Waals surface area (Å²) in [4.78, 5) is 45.6. The Morgan fingerprint density at radius 2 is 1.73 bits per heavy atom. The van der Waals surface area contributed by atoms with Crippen molar-refractivity contribution >= 4 is 23.4 Å². The first-order chi connectivity index (χ1) is 12.0. The summed E-state index contributed by atoms with van der Waals surface area (Å²) in [5, 5.41) is 18.3. The number of amides is 3. The number of nitrogens with one attached hydrogen (secondary N) is 3. The van der Waals surface area contributed by atoms with Crippen molar-refractivity contribution in [3.8, 4) is 5.75 Å². The molecule has 0 fully saturated rings. The topological polar surface area (TPSA) is 140 Å². The van der Waals surface area contributed by atoms with Gasteiger partial charge in [-0.25, -0.2) is 0 Å². The van der Waals surface area contributed by atoms with Crippen LogP contribution in [0.2, 0.25) is 0 Å². The zero-order chi connectivity index (χ0) is 19.9. The van der Waals surface area contributed by atoms with Crippen molar-refractivity contribution in [1.82, 2.24) is 16.0 Å². The molecular weight excluding hydrogens is 344 g/mol. The molecule has 3 N–H and O–H groups in total. The van der Waals surface area contributed by atoms with Crippen LogP contribution in [0.4, 0.5) is 5.69 Å². The number of hydrogen-bond donors (Lipinski definition) is 3. The fourth-order valence-electron chi connectivity index (χ4n) is 1.94. The molecule has 0 bridgehead atoms. The first-order valence-electron chi connectivity index (χ1n) is 7.72. The maximum absolute atomic E-state index is 12.0. The van der Waals surface area contributed by atoms with Gasteiger partial charge in [-0.2, -0.15) is 0 Å². The van der Waals surface area contributed by atoms with E-state index in [0.29, 0.717) is 0 Å². The molecule has 0 radical (unpaired) electrons. The predicted octanol–water partition coefficient (Wildman–Crippen LogP) is 0.364. The van der Waals surface area contributed by atoms with E-state index < -0.39 is 22.3 Å². The van der Waals surface area contributed by atoms with E-state index in [0.717, 1.165) is 6.07 Å².